The number of hydrogen-bond acceptors (Lipinski definition) is 8. The number of amides is 5. The highest BCUT2D eigenvalue weighted by molar-refractivity contribution is 5.95. The molecule has 1 rings (SSSR count). The predicted molar refractivity (Wildman–Crippen MR) is 128 cm³/mol. The first-order valence-electron chi connectivity index (χ1n) is 11.9. The molecular weight excluding hydrogens is 492 g/mol. The fourth-order valence-corrected chi connectivity index (χ4v) is 3.78. The minimum Gasteiger partial charge on any atom is -0.481 e. The molecule has 0 spiro atoms. The van der Waals surface area contributed by atoms with Gasteiger partial charge in [-0.3, -0.25) is 33.6 Å². The summed E-state index contributed by atoms with van der Waals surface area (Å²) >= 11 is 0. The van der Waals surface area contributed by atoms with Crippen LogP contribution in [-0.4, -0.2) is 101 Å². The molecule has 0 saturated carbocycles. The Morgan fingerprint density at radius 3 is 2.16 bits per heavy atom. The van der Waals surface area contributed by atoms with Crippen LogP contribution in [0.1, 0.15) is 46.0 Å². The Hall–Kier alpha value is -3.75. The summed E-state index contributed by atoms with van der Waals surface area (Å²) in [6.45, 7) is 2.45. The van der Waals surface area contributed by atoms with E-state index in [1.165, 1.54) is 4.90 Å². The van der Waals surface area contributed by atoms with Crippen molar-refractivity contribution < 1.29 is 43.8 Å². The number of carboxylic acid groups (broad SMARTS) is 2. The monoisotopic (exact) mass is 528 g/mol. The molecule has 0 bridgehead atoms. The fourth-order valence-electron chi connectivity index (χ4n) is 3.78. The van der Waals surface area contributed by atoms with Crippen molar-refractivity contribution in [1.29, 1.82) is 0 Å². The third-order valence-corrected chi connectivity index (χ3v) is 5.50. The molecule has 0 aromatic heterocycles. The van der Waals surface area contributed by atoms with E-state index in [-0.39, 0.29) is 25.4 Å². The molecule has 8 N–H and O–H groups in total. The molecule has 1 heterocycles. The van der Waals surface area contributed by atoms with Crippen LogP contribution in [0.4, 0.5) is 0 Å². The quantitative estimate of drug-likeness (QED) is 0.115. The molecular formula is C22H36N6O9. The van der Waals surface area contributed by atoms with Crippen molar-refractivity contribution in [2.75, 3.05) is 26.2 Å². The van der Waals surface area contributed by atoms with E-state index in [1.807, 2.05) is 13.8 Å². The molecule has 3 atom stereocenters. The normalized spacial score (nSPS) is 16.4. The number of carbonyl (C=O) groups is 7. The lowest BCUT2D eigenvalue weighted by Crippen LogP contribution is -2.57. The molecule has 1 aliphatic heterocycles. The summed E-state index contributed by atoms with van der Waals surface area (Å²) in [5.41, 5.74) is 5.35. The van der Waals surface area contributed by atoms with Crippen molar-refractivity contribution in [1.82, 2.24) is 26.2 Å². The minimum atomic E-state index is -1.32. The molecule has 1 fully saturated rings. The topological polar surface area (TPSA) is 237 Å². The number of nitrogens with two attached hydrogens (primary N) is 1. The van der Waals surface area contributed by atoms with Gasteiger partial charge in [-0.25, -0.2) is 0 Å². The number of carboxylic acids is 2. The molecule has 0 aromatic rings. The van der Waals surface area contributed by atoms with Crippen molar-refractivity contribution in [3.63, 3.8) is 0 Å². The van der Waals surface area contributed by atoms with Gasteiger partial charge >= 0.3 is 11.9 Å². The van der Waals surface area contributed by atoms with Crippen molar-refractivity contribution in [3.8, 4) is 0 Å². The minimum absolute atomic E-state index is 0.0543. The zero-order valence-electron chi connectivity index (χ0n) is 21.0. The summed E-state index contributed by atoms with van der Waals surface area (Å²) in [6.07, 6.45) is 0.370. The average Bonchev–Trinajstić information content (AvgIpc) is 3.32. The van der Waals surface area contributed by atoms with Crippen LogP contribution in [0.25, 0.3) is 0 Å². The zero-order valence-corrected chi connectivity index (χ0v) is 21.0. The number of likely N-dealkylation sites (tertiary alicyclic amines) is 1. The van der Waals surface area contributed by atoms with Crippen LogP contribution in [-0.2, 0) is 33.6 Å². The second-order valence-corrected chi connectivity index (χ2v) is 9.03. The lowest BCUT2D eigenvalue weighted by Gasteiger charge is -2.30. The van der Waals surface area contributed by atoms with Gasteiger partial charge in [0, 0.05) is 13.0 Å². The van der Waals surface area contributed by atoms with E-state index in [4.69, 9.17) is 15.9 Å². The highest BCUT2D eigenvalue weighted by Gasteiger charge is 2.39. The van der Waals surface area contributed by atoms with Gasteiger partial charge in [0.1, 0.15) is 24.7 Å². The number of nitrogens with zero attached hydrogens (tertiary/aromatic N) is 1. The van der Waals surface area contributed by atoms with E-state index in [0.29, 0.717) is 19.3 Å². The first kappa shape index (κ1) is 31.3. The summed E-state index contributed by atoms with van der Waals surface area (Å²) in [7, 11) is 0. The van der Waals surface area contributed by atoms with Gasteiger partial charge in [-0.15, -0.1) is 0 Å². The van der Waals surface area contributed by atoms with E-state index < -0.39 is 79.1 Å². The highest BCUT2D eigenvalue weighted by Crippen LogP contribution is 2.21. The van der Waals surface area contributed by atoms with Crippen LogP contribution < -0.4 is 27.0 Å². The Bertz CT molecular complexity index is 879. The van der Waals surface area contributed by atoms with Gasteiger partial charge in [0.25, 0.3) is 0 Å². The van der Waals surface area contributed by atoms with Crippen molar-refractivity contribution in [2.24, 2.45) is 11.7 Å². The molecule has 37 heavy (non-hydrogen) atoms. The van der Waals surface area contributed by atoms with Crippen LogP contribution in [0.3, 0.4) is 0 Å². The van der Waals surface area contributed by atoms with E-state index in [1.54, 1.807) is 0 Å². The van der Waals surface area contributed by atoms with Crippen molar-refractivity contribution >= 4 is 41.5 Å². The molecule has 1 saturated heterocycles. The van der Waals surface area contributed by atoms with Gasteiger partial charge in [-0.1, -0.05) is 13.8 Å². The van der Waals surface area contributed by atoms with E-state index in [2.05, 4.69) is 21.3 Å². The lowest BCUT2D eigenvalue weighted by molar-refractivity contribution is -0.142. The first-order chi connectivity index (χ1) is 17.3. The Morgan fingerprint density at radius 1 is 0.919 bits per heavy atom. The maximum absolute atomic E-state index is 13.2. The molecule has 5 amide bonds. The molecule has 15 nitrogen and oxygen atoms in total. The average molecular weight is 529 g/mol. The van der Waals surface area contributed by atoms with E-state index >= 15 is 0 Å². The Morgan fingerprint density at radius 2 is 1.59 bits per heavy atom. The van der Waals surface area contributed by atoms with Gasteiger partial charge in [-0.05, 0) is 31.6 Å². The van der Waals surface area contributed by atoms with Gasteiger partial charge < -0.3 is 42.1 Å². The Labute approximate surface area is 213 Å². The summed E-state index contributed by atoms with van der Waals surface area (Å²) in [4.78, 5) is 85.3. The summed E-state index contributed by atoms with van der Waals surface area (Å²) in [5, 5.41) is 26.9. The first-order valence-corrected chi connectivity index (χ1v) is 11.9. The van der Waals surface area contributed by atoms with Crippen LogP contribution in [0.15, 0.2) is 0 Å². The number of aliphatic carboxylic acids is 2. The molecule has 15 heteroatoms. The molecule has 0 aromatic carbocycles. The molecule has 208 valence electrons. The molecule has 1 aliphatic rings. The highest BCUT2D eigenvalue weighted by atomic mass is 16.4. The summed E-state index contributed by atoms with van der Waals surface area (Å²) < 4.78 is 0. The Kier molecular flexibility index (Phi) is 13.0. The second-order valence-electron chi connectivity index (χ2n) is 9.03. The maximum atomic E-state index is 13.2. The van der Waals surface area contributed by atoms with Crippen molar-refractivity contribution in [2.45, 2.75) is 64.1 Å². The summed E-state index contributed by atoms with van der Waals surface area (Å²) in [6, 6.07) is -3.16. The largest absolute Gasteiger partial charge is 0.481 e. The van der Waals surface area contributed by atoms with Gasteiger partial charge in [-0.2, -0.15) is 0 Å². The standard InChI is InChI=1S/C22H36N6O9/c1-12(2)8-14(26-16(29)9-23)22(37)28-7-3-4-15(28)21(36)27-13(5-6-18(31)32)20(35)25-10-17(30)24-11-19(33)34/h12-15H,3-11,23H2,1-2H3,(H,24,30)(H,25,35)(H,26,29)(H,27,36)(H,31,32)(H,33,34)/t13-,14-,15-/m0/s1. The van der Waals surface area contributed by atoms with Crippen LogP contribution >= 0.6 is 0 Å². The molecule has 0 aliphatic carbocycles. The predicted octanol–water partition coefficient (Wildman–Crippen LogP) is -2.87. The fraction of sp³-hybridized carbons (Fsp3) is 0.682. The third-order valence-electron chi connectivity index (χ3n) is 5.50. The van der Waals surface area contributed by atoms with E-state index in [9.17, 15) is 33.6 Å². The Balaban J connectivity index is 2.92. The lowest BCUT2D eigenvalue weighted by atomic mass is 10.0. The van der Waals surface area contributed by atoms with E-state index in [0.717, 1.165) is 0 Å². The molecule has 0 radical (unpaired) electrons. The maximum Gasteiger partial charge on any atom is 0.322 e. The zero-order chi connectivity index (χ0) is 28.1. The van der Waals surface area contributed by atoms with Crippen LogP contribution in [0.5, 0.6) is 0 Å². The molecule has 0 unspecified atom stereocenters. The SMILES string of the molecule is CC(C)C[C@H](NC(=O)CN)C(=O)N1CCC[C@H]1C(=O)N[C@@H](CCC(=O)O)C(=O)NCC(=O)NCC(=O)O. The smallest absolute Gasteiger partial charge is 0.322 e. The van der Waals surface area contributed by atoms with Crippen molar-refractivity contribution in [3.05, 3.63) is 0 Å². The van der Waals surface area contributed by atoms with Gasteiger partial charge in [0.05, 0.1) is 13.1 Å². The number of hydrogen-bond donors (Lipinski definition) is 7. The third kappa shape index (κ3) is 11.2. The van der Waals surface area contributed by atoms with Crippen LogP contribution in [0, 0.1) is 5.92 Å². The van der Waals surface area contributed by atoms with Gasteiger partial charge in [0.15, 0.2) is 0 Å². The number of rotatable bonds is 15. The summed E-state index contributed by atoms with van der Waals surface area (Å²) in [5.74, 6) is -5.73. The number of carbonyl (C=O) groups excluding carboxylic acids is 5. The van der Waals surface area contributed by atoms with Gasteiger partial charge in [0.2, 0.25) is 29.5 Å². The number of nitrogens with one attached hydrogen (secondary N) is 4. The van der Waals surface area contributed by atoms with Crippen LogP contribution in [0.2, 0.25) is 0 Å². The second kappa shape index (κ2) is 15.4.